The van der Waals surface area contributed by atoms with Crippen molar-refractivity contribution in [2.45, 2.75) is 25.4 Å². The van der Waals surface area contributed by atoms with Gasteiger partial charge in [0.05, 0.1) is 12.2 Å². The Kier molecular flexibility index (Phi) is 4.89. The summed E-state index contributed by atoms with van der Waals surface area (Å²) in [5.74, 6) is -2.84. The van der Waals surface area contributed by atoms with Gasteiger partial charge in [-0.15, -0.1) is 5.10 Å². The van der Waals surface area contributed by atoms with E-state index in [1.54, 1.807) is 12.4 Å². The minimum Gasteiger partial charge on any atom is -0.299 e. The molecule has 0 radical (unpaired) electrons. The maximum Gasteiger partial charge on any atom is 0.166 e. The van der Waals surface area contributed by atoms with E-state index < -0.39 is 17.5 Å². The second-order valence-electron chi connectivity index (χ2n) is 6.65. The second kappa shape index (κ2) is 7.48. The molecule has 0 atom stereocenters. The molecular formula is C19H18F3N5. The summed E-state index contributed by atoms with van der Waals surface area (Å²) in [4.78, 5) is 6.01. The number of rotatable bonds is 4. The Morgan fingerprint density at radius 3 is 2.56 bits per heavy atom. The third kappa shape index (κ3) is 3.71. The zero-order chi connectivity index (χ0) is 18.8. The number of likely N-dealkylation sites (tertiary alicyclic amines) is 1. The average Bonchev–Trinajstić information content (AvgIpc) is 3.20. The number of benzene rings is 1. The van der Waals surface area contributed by atoms with Crippen molar-refractivity contribution in [1.29, 1.82) is 0 Å². The summed E-state index contributed by atoms with van der Waals surface area (Å²) in [5, 5.41) is 8.42. The molecule has 2 aromatic heterocycles. The lowest BCUT2D eigenvalue weighted by Crippen LogP contribution is -2.35. The fourth-order valence-corrected chi connectivity index (χ4v) is 3.38. The zero-order valence-corrected chi connectivity index (χ0v) is 14.5. The summed E-state index contributed by atoms with van der Waals surface area (Å²) in [5.41, 5.74) is 1.45. The molecule has 1 fully saturated rings. The Labute approximate surface area is 154 Å². The number of hydrogen-bond acceptors (Lipinski definition) is 4. The van der Waals surface area contributed by atoms with Crippen LogP contribution in [0.1, 0.15) is 24.4 Å². The number of halogens is 3. The molecule has 0 bridgehead atoms. The van der Waals surface area contributed by atoms with Crippen LogP contribution in [0.2, 0.25) is 0 Å². The molecule has 0 N–H and O–H groups in total. The van der Waals surface area contributed by atoms with Crippen molar-refractivity contribution in [3.63, 3.8) is 0 Å². The smallest absolute Gasteiger partial charge is 0.166 e. The van der Waals surface area contributed by atoms with E-state index in [1.807, 2.05) is 27.9 Å². The molecule has 0 aliphatic carbocycles. The SMILES string of the molecule is Fc1ccc(F)c(CN2CCC(n3cc(-c4cccnc4)nn3)CC2)c1F. The van der Waals surface area contributed by atoms with E-state index in [0.717, 1.165) is 36.2 Å². The van der Waals surface area contributed by atoms with E-state index >= 15 is 0 Å². The van der Waals surface area contributed by atoms with E-state index in [0.29, 0.717) is 13.1 Å². The van der Waals surface area contributed by atoms with Crippen LogP contribution in [0.3, 0.4) is 0 Å². The monoisotopic (exact) mass is 373 g/mol. The van der Waals surface area contributed by atoms with Crippen molar-refractivity contribution in [3.05, 3.63) is 65.9 Å². The highest BCUT2D eigenvalue weighted by Crippen LogP contribution is 2.26. The van der Waals surface area contributed by atoms with Gasteiger partial charge in [0, 0.05) is 43.2 Å². The van der Waals surface area contributed by atoms with Crippen molar-refractivity contribution in [2.24, 2.45) is 0 Å². The van der Waals surface area contributed by atoms with Crippen LogP contribution in [-0.2, 0) is 6.54 Å². The molecule has 1 saturated heterocycles. The van der Waals surface area contributed by atoms with Crippen molar-refractivity contribution < 1.29 is 13.2 Å². The Morgan fingerprint density at radius 2 is 1.81 bits per heavy atom. The van der Waals surface area contributed by atoms with Gasteiger partial charge < -0.3 is 0 Å². The molecule has 1 aliphatic rings. The third-order valence-corrected chi connectivity index (χ3v) is 4.92. The summed E-state index contributed by atoms with van der Waals surface area (Å²) < 4.78 is 42.9. The average molecular weight is 373 g/mol. The third-order valence-electron chi connectivity index (χ3n) is 4.92. The second-order valence-corrected chi connectivity index (χ2v) is 6.65. The predicted octanol–water partition coefficient (Wildman–Crippen LogP) is 3.59. The lowest BCUT2D eigenvalue weighted by Gasteiger charge is -2.31. The Bertz CT molecular complexity index is 920. The lowest BCUT2D eigenvalue weighted by atomic mass is 10.0. The number of piperidine rings is 1. The molecule has 0 saturated carbocycles. The van der Waals surface area contributed by atoms with Crippen LogP contribution in [-0.4, -0.2) is 38.0 Å². The minimum atomic E-state index is -1.10. The molecule has 3 aromatic rings. The van der Waals surface area contributed by atoms with Gasteiger partial charge in [0.2, 0.25) is 0 Å². The quantitative estimate of drug-likeness (QED) is 0.656. The van der Waals surface area contributed by atoms with Gasteiger partial charge in [0.1, 0.15) is 11.5 Å². The molecule has 140 valence electrons. The molecule has 0 amide bonds. The largest absolute Gasteiger partial charge is 0.299 e. The Morgan fingerprint density at radius 1 is 1.04 bits per heavy atom. The summed E-state index contributed by atoms with van der Waals surface area (Å²) in [6.45, 7) is 1.34. The first kappa shape index (κ1) is 17.7. The predicted molar refractivity (Wildman–Crippen MR) is 93.1 cm³/mol. The Hall–Kier alpha value is -2.74. The summed E-state index contributed by atoms with van der Waals surface area (Å²) in [6, 6.07) is 5.71. The highest BCUT2D eigenvalue weighted by atomic mass is 19.2. The fourth-order valence-electron chi connectivity index (χ4n) is 3.38. The molecule has 27 heavy (non-hydrogen) atoms. The first-order valence-corrected chi connectivity index (χ1v) is 8.79. The van der Waals surface area contributed by atoms with E-state index in [-0.39, 0.29) is 18.2 Å². The van der Waals surface area contributed by atoms with Crippen molar-refractivity contribution in [3.8, 4) is 11.3 Å². The van der Waals surface area contributed by atoms with Crippen LogP contribution in [0.25, 0.3) is 11.3 Å². The molecule has 0 unspecified atom stereocenters. The van der Waals surface area contributed by atoms with Crippen molar-refractivity contribution in [1.82, 2.24) is 24.9 Å². The maximum atomic E-state index is 13.9. The van der Waals surface area contributed by atoms with Crippen LogP contribution in [0.5, 0.6) is 0 Å². The van der Waals surface area contributed by atoms with E-state index in [4.69, 9.17) is 0 Å². The van der Waals surface area contributed by atoms with Crippen LogP contribution in [0.15, 0.2) is 42.9 Å². The zero-order valence-electron chi connectivity index (χ0n) is 14.5. The van der Waals surface area contributed by atoms with Crippen LogP contribution >= 0.6 is 0 Å². The summed E-state index contributed by atoms with van der Waals surface area (Å²) >= 11 is 0. The molecule has 0 spiro atoms. The van der Waals surface area contributed by atoms with Crippen LogP contribution in [0, 0.1) is 17.5 Å². The number of pyridine rings is 1. The first-order chi connectivity index (χ1) is 13.1. The molecular weight excluding hydrogens is 355 g/mol. The topological polar surface area (TPSA) is 46.8 Å². The number of aromatic nitrogens is 4. The van der Waals surface area contributed by atoms with Gasteiger partial charge >= 0.3 is 0 Å². The standard InChI is InChI=1S/C19H18F3N5/c20-16-3-4-17(21)19(22)15(16)11-26-8-5-14(6-9-26)27-12-18(24-25-27)13-2-1-7-23-10-13/h1-4,7,10,12,14H,5-6,8-9,11H2. The summed E-state index contributed by atoms with van der Waals surface area (Å²) in [7, 11) is 0. The molecule has 4 rings (SSSR count). The molecule has 1 aliphatic heterocycles. The molecule has 3 heterocycles. The highest BCUT2D eigenvalue weighted by Gasteiger charge is 2.24. The van der Waals surface area contributed by atoms with Gasteiger partial charge in [0.25, 0.3) is 0 Å². The van der Waals surface area contributed by atoms with Crippen molar-refractivity contribution >= 4 is 0 Å². The van der Waals surface area contributed by atoms with Gasteiger partial charge in [-0.2, -0.15) is 0 Å². The van der Waals surface area contributed by atoms with Gasteiger partial charge in [-0.25, -0.2) is 17.9 Å². The number of hydrogen-bond donors (Lipinski definition) is 0. The van der Waals surface area contributed by atoms with E-state index in [2.05, 4.69) is 15.3 Å². The lowest BCUT2D eigenvalue weighted by molar-refractivity contribution is 0.168. The molecule has 5 nitrogen and oxygen atoms in total. The molecule has 8 heteroatoms. The van der Waals surface area contributed by atoms with E-state index in [9.17, 15) is 13.2 Å². The van der Waals surface area contributed by atoms with Crippen LogP contribution < -0.4 is 0 Å². The first-order valence-electron chi connectivity index (χ1n) is 8.79. The Balaban J connectivity index is 1.40. The summed E-state index contributed by atoms with van der Waals surface area (Å²) in [6.07, 6.45) is 6.87. The fraction of sp³-hybridized carbons (Fsp3) is 0.316. The van der Waals surface area contributed by atoms with Gasteiger partial charge in [-0.3, -0.25) is 9.88 Å². The normalized spacial score (nSPS) is 16.0. The van der Waals surface area contributed by atoms with E-state index in [1.165, 1.54) is 0 Å². The van der Waals surface area contributed by atoms with Crippen molar-refractivity contribution in [2.75, 3.05) is 13.1 Å². The van der Waals surface area contributed by atoms with Gasteiger partial charge in [0.15, 0.2) is 11.6 Å². The number of nitrogens with zero attached hydrogens (tertiary/aromatic N) is 5. The maximum absolute atomic E-state index is 13.9. The molecule has 1 aromatic carbocycles. The van der Waals surface area contributed by atoms with Gasteiger partial charge in [-0.1, -0.05) is 5.21 Å². The minimum absolute atomic E-state index is 0.0560. The highest BCUT2D eigenvalue weighted by molar-refractivity contribution is 5.55. The van der Waals surface area contributed by atoms with Gasteiger partial charge in [-0.05, 0) is 37.1 Å². The van der Waals surface area contributed by atoms with Crippen LogP contribution in [0.4, 0.5) is 13.2 Å².